The molecular weight excluding hydrogens is 577 g/mol. The molecule has 0 saturated carbocycles. The number of hydrogen-bond acceptors (Lipinski definition) is 5. The van der Waals surface area contributed by atoms with Gasteiger partial charge in [0.2, 0.25) is 5.95 Å². The molecule has 1 fully saturated rings. The lowest BCUT2D eigenvalue weighted by atomic mass is 9.94. The lowest BCUT2D eigenvalue weighted by Crippen LogP contribution is -2.40. The number of nitrogens with one attached hydrogen (secondary N) is 2. The summed E-state index contributed by atoms with van der Waals surface area (Å²) in [6.07, 6.45) is 3.71. The molecule has 5 aromatic rings. The van der Waals surface area contributed by atoms with Gasteiger partial charge in [0, 0.05) is 44.2 Å². The van der Waals surface area contributed by atoms with E-state index in [1.165, 1.54) is 17.7 Å². The van der Waals surface area contributed by atoms with Crippen molar-refractivity contribution in [3.8, 4) is 5.75 Å². The number of piperidine rings is 1. The fourth-order valence-corrected chi connectivity index (χ4v) is 6.41. The molecule has 0 bridgehead atoms. The highest BCUT2D eigenvalue weighted by Crippen LogP contribution is 2.27. The number of aromatic nitrogens is 2. The minimum atomic E-state index is -0.223. The first-order valence-corrected chi connectivity index (χ1v) is 16.1. The molecule has 1 aliphatic heterocycles. The third-order valence-corrected chi connectivity index (χ3v) is 9.08. The number of carbonyl (C=O) groups excluding carboxylic acids is 1. The van der Waals surface area contributed by atoms with Crippen LogP contribution >= 0.6 is 0 Å². The largest absolute Gasteiger partial charge is 0.497 e. The molecule has 8 heteroatoms. The van der Waals surface area contributed by atoms with Crippen LogP contribution < -0.4 is 10.1 Å². The number of likely N-dealkylation sites (tertiary alicyclic amines) is 1. The molecule has 1 aliphatic rings. The van der Waals surface area contributed by atoms with Gasteiger partial charge in [0.1, 0.15) is 11.6 Å². The van der Waals surface area contributed by atoms with Gasteiger partial charge in [0.05, 0.1) is 18.1 Å². The Kier molecular flexibility index (Phi) is 9.94. The zero-order valence-electron chi connectivity index (χ0n) is 26.6. The SMILES string of the molecule is COc1ccc(C(CCN2CCC(Nc3nc4c(Cc5ccc(F)cc5)cccc4[nH]3)CC2)CN(C)C(=O)c2ccccc2)cc1. The Labute approximate surface area is 270 Å². The van der Waals surface area contributed by atoms with E-state index in [4.69, 9.17) is 9.72 Å². The molecule has 2 heterocycles. The van der Waals surface area contributed by atoms with Crippen molar-refractivity contribution < 1.29 is 13.9 Å². The monoisotopic (exact) mass is 619 g/mol. The van der Waals surface area contributed by atoms with E-state index < -0.39 is 0 Å². The summed E-state index contributed by atoms with van der Waals surface area (Å²) in [4.78, 5) is 25.9. The van der Waals surface area contributed by atoms with E-state index in [9.17, 15) is 9.18 Å². The standard InChI is InChI=1S/C38H42FN5O2/c1-43(37(45)29-7-4-3-5-8-29)26-31(28-13-17-34(46-2)18-14-28)19-22-44-23-20-33(21-24-44)40-38-41-35-10-6-9-30(36(35)42-38)25-27-11-15-32(39)16-12-27/h3-18,31,33H,19-26H2,1-2H3,(H2,40,41,42). The number of anilines is 1. The predicted molar refractivity (Wildman–Crippen MR) is 182 cm³/mol. The minimum absolute atomic E-state index is 0.0409. The quantitative estimate of drug-likeness (QED) is 0.156. The fourth-order valence-electron chi connectivity index (χ4n) is 6.41. The van der Waals surface area contributed by atoms with Crippen molar-refractivity contribution in [2.45, 2.75) is 37.6 Å². The molecule has 0 radical (unpaired) electrons. The zero-order chi connectivity index (χ0) is 31.9. The van der Waals surface area contributed by atoms with Crippen LogP contribution in [0.4, 0.5) is 10.3 Å². The number of fused-ring (bicyclic) bond motifs is 1. The number of para-hydroxylation sites is 1. The number of hydrogen-bond donors (Lipinski definition) is 2. The van der Waals surface area contributed by atoms with Crippen LogP contribution in [0, 0.1) is 5.82 Å². The summed E-state index contributed by atoms with van der Waals surface area (Å²) in [5.74, 6) is 1.66. The summed E-state index contributed by atoms with van der Waals surface area (Å²) in [6.45, 7) is 3.62. The number of rotatable bonds is 12. The molecule has 0 aliphatic carbocycles. The van der Waals surface area contributed by atoms with Crippen molar-refractivity contribution in [1.82, 2.24) is 19.8 Å². The zero-order valence-corrected chi connectivity index (χ0v) is 26.6. The number of halogens is 1. The molecule has 1 atom stereocenters. The molecule has 1 saturated heterocycles. The third kappa shape index (κ3) is 7.74. The molecule has 4 aromatic carbocycles. The number of ether oxygens (including phenoxy) is 1. The van der Waals surface area contributed by atoms with Gasteiger partial charge in [-0.15, -0.1) is 0 Å². The van der Waals surface area contributed by atoms with Crippen LogP contribution in [0.2, 0.25) is 0 Å². The average molecular weight is 620 g/mol. The normalized spacial score (nSPS) is 14.7. The van der Waals surface area contributed by atoms with E-state index in [0.717, 1.165) is 72.8 Å². The molecule has 6 rings (SSSR count). The highest BCUT2D eigenvalue weighted by atomic mass is 19.1. The lowest BCUT2D eigenvalue weighted by Gasteiger charge is -2.33. The minimum Gasteiger partial charge on any atom is -0.497 e. The molecule has 1 amide bonds. The van der Waals surface area contributed by atoms with Crippen molar-refractivity contribution >= 4 is 22.9 Å². The molecule has 238 valence electrons. The van der Waals surface area contributed by atoms with Gasteiger partial charge in [0.25, 0.3) is 5.91 Å². The second kappa shape index (κ2) is 14.6. The summed E-state index contributed by atoms with van der Waals surface area (Å²) >= 11 is 0. The highest BCUT2D eigenvalue weighted by molar-refractivity contribution is 5.94. The number of nitrogens with zero attached hydrogens (tertiary/aromatic N) is 3. The van der Waals surface area contributed by atoms with Crippen molar-refractivity contribution in [2.24, 2.45) is 0 Å². The van der Waals surface area contributed by atoms with Crippen LogP contribution in [0.5, 0.6) is 5.75 Å². The summed E-state index contributed by atoms with van der Waals surface area (Å²) in [5.41, 5.74) is 6.05. The van der Waals surface area contributed by atoms with Gasteiger partial charge >= 0.3 is 0 Å². The van der Waals surface area contributed by atoms with Crippen LogP contribution in [0.3, 0.4) is 0 Å². The maximum absolute atomic E-state index is 13.4. The second-order valence-electron chi connectivity index (χ2n) is 12.3. The van der Waals surface area contributed by atoms with E-state index in [-0.39, 0.29) is 17.6 Å². The number of amides is 1. The third-order valence-electron chi connectivity index (χ3n) is 9.08. The summed E-state index contributed by atoms with van der Waals surface area (Å²) in [5, 5.41) is 3.65. The van der Waals surface area contributed by atoms with Crippen molar-refractivity contribution in [3.63, 3.8) is 0 Å². The van der Waals surface area contributed by atoms with Gasteiger partial charge in [-0.25, -0.2) is 9.37 Å². The second-order valence-corrected chi connectivity index (χ2v) is 12.3. The van der Waals surface area contributed by atoms with E-state index in [2.05, 4.69) is 33.4 Å². The highest BCUT2D eigenvalue weighted by Gasteiger charge is 2.23. The fraction of sp³-hybridized carbons (Fsp3) is 0.316. The Bertz CT molecular complexity index is 1710. The number of H-pyrrole nitrogens is 1. The number of benzene rings is 4. The van der Waals surface area contributed by atoms with Crippen molar-refractivity contribution in [1.29, 1.82) is 0 Å². The van der Waals surface area contributed by atoms with Gasteiger partial charge < -0.3 is 24.8 Å². The number of imidazole rings is 1. The maximum atomic E-state index is 13.4. The molecular formula is C38H42FN5O2. The average Bonchev–Trinajstić information content (AvgIpc) is 3.52. The Morgan fingerprint density at radius 2 is 1.74 bits per heavy atom. The van der Waals surface area contributed by atoms with Crippen LogP contribution in [0.15, 0.2) is 97.1 Å². The van der Waals surface area contributed by atoms with Crippen LogP contribution in [-0.2, 0) is 6.42 Å². The summed E-state index contributed by atoms with van der Waals surface area (Å²) < 4.78 is 18.8. The van der Waals surface area contributed by atoms with Crippen LogP contribution in [-0.4, -0.2) is 72.1 Å². The van der Waals surface area contributed by atoms with Gasteiger partial charge in [-0.05, 0) is 91.4 Å². The van der Waals surface area contributed by atoms with E-state index in [1.807, 2.05) is 78.7 Å². The molecule has 0 spiro atoms. The molecule has 46 heavy (non-hydrogen) atoms. The molecule has 1 unspecified atom stereocenters. The Morgan fingerprint density at radius 3 is 2.46 bits per heavy atom. The lowest BCUT2D eigenvalue weighted by molar-refractivity contribution is 0.0782. The smallest absolute Gasteiger partial charge is 0.253 e. The Morgan fingerprint density at radius 1 is 1.00 bits per heavy atom. The van der Waals surface area contributed by atoms with Gasteiger partial charge in [-0.2, -0.15) is 0 Å². The van der Waals surface area contributed by atoms with E-state index >= 15 is 0 Å². The van der Waals surface area contributed by atoms with Gasteiger partial charge in [-0.1, -0.05) is 54.6 Å². The topological polar surface area (TPSA) is 73.5 Å². The van der Waals surface area contributed by atoms with Gasteiger partial charge in [-0.3, -0.25) is 4.79 Å². The predicted octanol–water partition coefficient (Wildman–Crippen LogP) is 7.12. The number of likely N-dealkylation sites (N-methyl/N-ethyl adjacent to an activating group) is 1. The van der Waals surface area contributed by atoms with Gasteiger partial charge in [0.15, 0.2) is 0 Å². The molecule has 2 N–H and O–H groups in total. The first-order valence-electron chi connectivity index (χ1n) is 16.1. The van der Waals surface area contributed by atoms with E-state index in [0.29, 0.717) is 24.6 Å². The number of methoxy groups -OCH3 is 1. The molecule has 7 nitrogen and oxygen atoms in total. The van der Waals surface area contributed by atoms with E-state index in [1.54, 1.807) is 7.11 Å². The molecule has 1 aromatic heterocycles. The van der Waals surface area contributed by atoms with Crippen molar-refractivity contribution in [3.05, 3.63) is 125 Å². The first kappa shape index (κ1) is 31.3. The summed E-state index contributed by atoms with van der Waals surface area (Å²) in [6, 6.07) is 30.9. The van der Waals surface area contributed by atoms with Crippen LogP contribution in [0.1, 0.15) is 52.2 Å². The Balaban J connectivity index is 1.05. The summed E-state index contributed by atoms with van der Waals surface area (Å²) in [7, 11) is 3.58. The number of aromatic amines is 1. The van der Waals surface area contributed by atoms with Crippen molar-refractivity contribution in [2.75, 3.05) is 45.7 Å². The maximum Gasteiger partial charge on any atom is 0.253 e. The first-order chi connectivity index (χ1) is 22.4. The van der Waals surface area contributed by atoms with Crippen LogP contribution in [0.25, 0.3) is 11.0 Å². The number of carbonyl (C=O) groups is 1. The Hall–Kier alpha value is -4.69.